The Labute approximate surface area is 432 Å². The van der Waals surface area contributed by atoms with Crippen molar-refractivity contribution in [2.75, 3.05) is 0 Å². The summed E-state index contributed by atoms with van der Waals surface area (Å²) in [4.78, 5) is 54.9. The normalized spacial score (nSPS) is 11.9. The first-order valence-electron chi connectivity index (χ1n) is 24.2. The number of aromatic nitrogens is 14. The molecule has 0 radical (unpaired) electrons. The van der Waals surface area contributed by atoms with Crippen LogP contribution in [0.1, 0.15) is 57.7 Å². The number of halogens is 3. The molecule has 0 bridgehead atoms. The fourth-order valence-electron chi connectivity index (χ4n) is 10.3. The van der Waals surface area contributed by atoms with Gasteiger partial charge in [0.25, 0.3) is 0 Å². The van der Waals surface area contributed by atoms with Gasteiger partial charge in [0.15, 0.2) is 23.3 Å². The van der Waals surface area contributed by atoms with Crippen LogP contribution in [-0.2, 0) is 6.18 Å². The third-order valence-corrected chi connectivity index (χ3v) is 13.2. The summed E-state index contributed by atoms with van der Waals surface area (Å²) >= 11 is 0. The third-order valence-electron chi connectivity index (χ3n) is 13.2. The van der Waals surface area contributed by atoms with Crippen LogP contribution >= 0.6 is 0 Å². The van der Waals surface area contributed by atoms with Crippen LogP contribution < -0.4 is 0 Å². The predicted molar refractivity (Wildman–Crippen MR) is 283 cm³/mol. The molecule has 0 aliphatic heterocycles. The number of fused-ring (bicyclic) bond motifs is 6. The van der Waals surface area contributed by atoms with Crippen LogP contribution in [0.25, 0.3) is 112 Å². The van der Waals surface area contributed by atoms with E-state index in [1.54, 1.807) is 73.6 Å². The molecular weight excluding hydrogens is 964 g/mol. The Bertz CT molecular complexity index is 3930. The summed E-state index contributed by atoms with van der Waals surface area (Å²) in [6.45, 7) is 14.4. The Balaban J connectivity index is 1.22. The summed E-state index contributed by atoms with van der Waals surface area (Å²) in [5, 5.41) is 13.2. The average molecular weight is 1010 g/mol. The number of hydrogen-bond acceptors (Lipinski definition) is 13. The van der Waals surface area contributed by atoms with Crippen molar-refractivity contribution in [3.05, 3.63) is 167 Å². The maximum absolute atomic E-state index is 16.0. The molecule has 0 aliphatic carbocycles. The van der Waals surface area contributed by atoms with Crippen molar-refractivity contribution in [2.24, 2.45) is 0 Å². The second-order valence-electron chi connectivity index (χ2n) is 18.7. The van der Waals surface area contributed by atoms with Crippen molar-refractivity contribution in [2.45, 2.75) is 61.6 Å². The first-order valence-corrected chi connectivity index (χ1v) is 24.2. The largest absolute Gasteiger partial charge is 0.416 e. The van der Waals surface area contributed by atoms with Gasteiger partial charge >= 0.3 is 6.18 Å². The SMILES string of the molecule is Cc1nc(C)nc(-c2ccc3c(c2)c2cc(-c4nc(C)nc(C)n4)ccc2n3-c2cc(C(F)(F)F)cc(-n3c4ccc(-c5nc(C)nc(C)n5)cc4c4cc(-c5nc(C)nc(C)n5)ccc43)c2-c2cccc(C#N)c2)n1. The molecule has 0 amide bonds. The first-order chi connectivity index (χ1) is 36.5. The molecule has 0 aliphatic rings. The molecule has 0 unspecified atom stereocenters. The van der Waals surface area contributed by atoms with Crippen LogP contribution in [0.15, 0.2) is 109 Å². The number of nitrogens with zero attached hydrogens (tertiary/aromatic N) is 15. The van der Waals surface area contributed by atoms with Gasteiger partial charge in [-0.05, 0) is 158 Å². The standard InChI is InChI=1S/C58H42F3N15/c1-28-63-29(2)68-54(67-28)38-12-16-47-43(21-38)44-22-39(55-69-30(3)64-31(4)70-55)13-17-48(44)75(47)51-25-42(58(59,60)61)26-52(53(51)37-11-9-10-36(20-37)27-62)76-49-18-14-40(56-71-32(5)65-33(6)72-56)23-45(49)46-24-41(15-19-50(46)76)57-73-34(7)66-35(8)74-57/h9-26H,1-8H3. The Morgan fingerprint density at radius 3 is 0.947 bits per heavy atom. The quantitative estimate of drug-likeness (QED) is 0.147. The molecule has 0 saturated heterocycles. The van der Waals surface area contributed by atoms with Gasteiger partial charge in [0.1, 0.15) is 46.6 Å². The van der Waals surface area contributed by atoms with Gasteiger partial charge < -0.3 is 9.13 Å². The minimum absolute atomic E-state index is 0.203. The molecule has 6 aromatic heterocycles. The highest BCUT2D eigenvalue weighted by molar-refractivity contribution is 6.14. The lowest BCUT2D eigenvalue weighted by Gasteiger charge is -2.23. The fraction of sp³-hybridized carbons (Fsp3) is 0.155. The zero-order valence-corrected chi connectivity index (χ0v) is 42.2. The first kappa shape index (κ1) is 47.3. The Kier molecular flexibility index (Phi) is 11.0. The highest BCUT2D eigenvalue weighted by Gasteiger charge is 2.35. The van der Waals surface area contributed by atoms with E-state index in [2.05, 4.69) is 65.9 Å². The van der Waals surface area contributed by atoms with E-state index in [4.69, 9.17) is 0 Å². The zero-order chi connectivity index (χ0) is 52.9. The van der Waals surface area contributed by atoms with Crippen LogP contribution in [0.4, 0.5) is 13.2 Å². The van der Waals surface area contributed by atoms with Crippen molar-refractivity contribution < 1.29 is 13.2 Å². The maximum atomic E-state index is 16.0. The van der Waals surface area contributed by atoms with Crippen LogP contribution in [-0.4, -0.2) is 68.9 Å². The van der Waals surface area contributed by atoms with Crippen molar-refractivity contribution in [3.8, 4) is 74.1 Å². The summed E-state index contributed by atoms with van der Waals surface area (Å²) in [5.41, 5.74) is 5.82. The molecule has 12 aromatic rings. The van der Waals surface area contributed by atoms with E-state index >= 15 is 13.2 Å². The Morgan fingerprint density at radius 2 is 0.671 bits per heavy atom. The molecule has 6 heterocycles. The lowest BCUT2D eigenvalue weighted by atomic mass is 9.96. The van der Waals surface area contributed by atoms with E-state index in [1.807, 2.05) is 88.0 Å². The smallest absolute Gasteiger partial charge is 0.309 e. The minimum Gasteiger partial charge on any atom is -0.309 e. The van der Waals surface area contributed by atoms with Crippen LogP contribution in [0.2, 0.25) is 0 Å². The molecule has 370 valence electrons. The van der Waals surface area contributed by atoms with Gasteiger partial charge in [-0.3, -0.25) is 0 Å². The van der Waals surface area contributed by atoms with Crippen LogP contribution in [0.3, 0.4) is 0 Å². The molecule has 0 saturated carbocycles. The van der Waals surface area contributed by atoms with Gasteiger partial charge in [-0.2, -0.15) is 18.4 Å². The molecule has 0 fully saturated rings. The maximum Gasteiger partial charge on any atom is 0.416 e. The van der Waals surface area contributed by atoms with E-state index in [9.17, 15) is 5.26 Å². The van der Waals surface area contributed by atoms with Gasteiger partial charge in [0.2, 0.25) is 0 Å². The van der Waals surface area contributed by atoms with Crippen molar-refractivity contribution in [1.82, 2.24) is 68.9 Å². The summed E-state index contributed by atoms with van der Waals surface area (Å²) in [7, 11) is 0. The molecule has 18 heteroatoms. The van der Waals surface area contributed by atoms with Gasteiger partial charge in [0, 0.05) is 49.4 Å². The average Bonchev–Trinajstić information content (AvgIpc) is 3.88. The monoisotopic (exact) mass is 1010 g/mol. The van der Waals surface area contributed by atoms with Crippen molar-refractivity contribution in [3.63, 3.8) is 0 Å². The molecule has 76 heavy (non-hydrogen) atoms. The van der Waals surface area contributed by atoms with Crippen molar-refractivity contribution in [1.29, 1.82) is 5.26 Å². The summed E-state index contributed by atoms with van der Waals surface area (Å²) in [5.74, 6) is 6.10. The predicted octanol–water partition coefficient (Wildman–Crippen LogP) is 12.3. The van der Waals surface area contributed by atoms with Crippen molar-refractivity contribution >= 4 is 43.6 Å². The Morgan fingerprint density at radius 1 is 0.368 bits per heavy atom. The highest BCUT2D eigenvalue weighted by atomic mass is 19.4. The number of benzene rings is 6. The Hall–Kier alpha value is -9.76. The molecule has 12 rings (SSSR count). The number of hydrogen-bond donors (Lipinski definition) is 0. The van der Waals surface area contributed by atoms with Gasteiger partial charge in [-0.25, -0.2) is 59.8 Å². The highest BCUT2D eigenvalue weighted by Crippen LogP contribution is 2.47. The van der Waals surface area contributed by atoms with E-state index in [0.29, 0.717) is 152 Å². The van der Waals surface area contributed by atoms with E-state index in [0.717, 1.165) is 0 Å². The molecule has 6 aromatic carbocycles. The lowest BCUT2D eigenvalue weighted by Crippen LogP contribution is -2.11. The summed E-state index contributed by atoms with van der Waals surface area (Å²) in [6.07, 6.45) is -4.83. The number of rotatable bonds is 7. The third kappa shape index (κ3) is 8.27. The molecular formula is C58H42F3N15. The lowest BCUT2D eigenvalue weighted by molar-refractivity contribution is -0.137. The summed E-state index contributed by atoms with van der Waals surface area (Å²) in [6, 6.07) is 34.4. The molecule has 0 N–H and O–H groups in total. The zero-order valence-electron chi connectivity index (χ0n) is 42.2. The number of nitriles is 1. The van der Waals surface area contributed by atoms with E-state index in [1.165, 1.54) is 12.1 Å². The molecule has 0 atom stereocenters. The van der Waals surface area contributed by atoms with Gasteiger partial charge in [0.05, 0.1) is 50.6 Å². The number of alkyl halides is 3. The minimum atomic E-state index is -4.83. The second-order valence-corrected chi connectivity index (χ2v) is 18.7. The van der Waals surface area contributed by atoms with Gasteiger partial charge in [-0.15, -0.1) is 0 Å². The van der Waals surface area contributed by atoms with E-state index < -0.39 is 11.7 Å². The van der Waals surface area contributed by atoms with Crippen LogP contribution in [0, 0.1) is 66.7 Å². The number of aryl methyl sites for hydroxylation is 8. The van der Waals surface area contributed by atoms with Crippen LogP contribution in [0.5, 0.6) is 0 Å². The topological polar surface area (TPSA) is 188 Å². The molecule has 0 spiro atoms. The second kappa shape index (κ2) is 17.7. The molecule has 15 nitrogen and oxygen atoms in total. The fourth-order valence-corrected chi connectivity index (χ4v) is 10.3. The van der Waals surface area contributed by atoms with E-state index in [-0.39, 0.29) is 11.4 Å². The summed E-state index contributed by atoms with van der Waals surface area (Å²) < 4.78 is 51.8. The van der Waals surface area contributed by atoms with Gasteiger partial charge in [-0.1, -0.05) is 12.1 Å².